The van der Waals surface area contributed by atoms with E-state index in [4.69, 9.17) is 15.0 Å². The van der Waals surface area contributed by atoms with Gasteiger partial charge in [0.2, 0.25) is 0 Å². The molecule has 0 bridgehead atoms. The highest BCUT2D eigenvalue weighted by atomic mass is 15.1. The van der Waals surface area contributed by atoms with E-state index in [1.54, 1.807) is 0 Å². The number of pyridine rings is 1. The van der Waals surface area contributed by atoms with Crippen LogP contribution in [0, 0.1) is 0 Å². The van der Waals surface area contributed by atoms with E-state index in [0.29, 0.717) is 0 Å². The molecule has 226 valence electrons. The van der Waals surface area contributed by atoms with Crippen LogP contribution in [0.3, 0.4) is 0 Å². The molecule has 0 fully saturated rings. The molecule has 0 N–H and O–H groups in total. The minimum Gasteiger partial charge on any atom is -0.327 e. The monoisotopic (exact) mass is 615 g/mol. The molecule has 0 aliphatic heterocycles. The number of fused-ring (bicyclic) bond motifs is 5. The average molecular weight is 616 g/mol. The highest BCUT2D eigenvalue weighted by molar-refractivity contribution is 6.19. The Morgan fingerprint density at radius 3 is 1.83 bits per heavy atom. The molecule has 0 amide bonds. The molecule has 0 spiro atoms. The van der Waals surface area contributed by atoms with Gasteiger partial charge in [-0.1, -0.05) is 91.0 Å². The number of nitrogens with zero attached hydrogens (tertiary/aromatic N) is 5. The molecule has 0 radical (unpaired) electrons. The summed E-state index contributed by atoms with van der Waals surface area (Å²) in [6.45, 7) is 0. The summed E-state index contributed by atoms with van der Waals surface area (Å²) in [4.78, 5) is 15.0. The molecule has 0 saturated heterocycles. The van der Waals surface area contributed by atoms with E-state index in [1.165, 1.54) is 44.2 Å². The highest BCUT2D eigenvalue weighted by Crippen LogP contribution is 2.50. The lowest BCUT2D eigenvalue weighted by Crippen LogP contribution is -1.96. The van der Waals surface area contributed by atoms with Gasteiger partial charge in [0.1, 0.15) is 11.5 Å². The fourth-order valence-electron chi connectivity index (χ4n) is 7.59. The van der Waals surface area contributed by atoms with Crippen LogP contribution in [-0.4, -0.2) is 24.1 Å². The molecule has 0 atom stereocenters. The Morgan fingerprint density at radius 1 is 0.396 bits per heavy atom. The Balaban J connectivity index is 1.06. The van der Waals surface area contributed by atoms with E-state index in [-0.39, 0.29) is 0 Å². The van der Waals surface area contributed by atoms with Crippen molar-refractivity contribution in [2.24, 2.45) is 14.1 Å². The maximum absolute atomic E-state index is 5.11. The van der Waals surface area contributed by atoms with Crippen molar-refractivity contribution < 1.29 is 0 Å². The van der Waals surface area contributed by atoms with Crippen LogP contribution in [0.2, 0.25) is 0 Å². The molecule has 5 nitrogen and oxygen atoms in total. The third kappa shape index (κ3) is 3.88. The van der Waals surface area contributed by atoms with Crippen LogP contribution in [0.25, 0.3) is 100 Å². The van der Waals surface area contributed by atoms with Crippen LogP contribution >= 0.6 is 0 Å². The number of hydrogen-bond acceptors (Lipinski definition) is 3. The fraction of sp³-hybridized carbons (Fsp3) is 0.0465. The van der Waals surface area contributed by atoms with Crippen LogP contribution in [0.1, 0.15) is 0 Å². The zero-order valence-electron chi connectivity index (χ0n) is 26.5. The Labute approximate surface area is 277 Å². The maximum Gasteiger partial charge on any atom is 0.159 e. The van der Waals surface area contributed by atoms with Gasteiger partial charge in [-0.15, -0.1) is 0 Å². The minimum absolute atomic E-state index is 0.864. The van der Waals surface area contributed by atoms with Gasteiger partial charge < -0.3 is 9.13 Å². The van der Waals surface area contributed by atoms with Gasteiger partial charge >= 0.3 is 0 Å². The van der Waals surface area contributed by atoms with Gasteiger partial charge in [0.05, 0.1) is 27.8 Å². The second-order valence-electron chi connectivity index (χ2n) is 12.6. The van der Waals surface area contributed by atoms with E-state index < -0.39 is 0 Å². The van der Waals surface area contributed by atoms with Crippen molar-refractivity contribution >= 4 is 32.8 Å². The summed E-state index contributed by atoms with van der Waals surface area (Å²) < 4.78 is 4.30. The number of hydrogen-bond donors (Lipinski definition) is 0. The molecule has 1 aliphatic rings. The molecule has 48 heavy (non-hydrogen) atoms. The van der Waals surface area contributed by atoms with Gasteiger partial charge in [0, 0.05) is 25.2 Å². The molecule has 10 rings (SSSR count). The van der Waals surface area contributed by atoms with Crippen molar-refractivity contribution in [1.29, 1.82) is 0 Å². The first-order valence-corrected chi connectivity index (χ1v) is 16.2. The molecule has 0 unspecified atom stereocenters. The molecule has 0 saturated carbocycles. The number of rotatable bonds is 4. The smallest absolute Gasteiger partial charge is 0.159 e. The van der Waals surface area contributed by atoms with Gasteiger partial charge in [0.15, 0.2) is 5.82 Å². The quantitative estimate of drug-likeness (QED) is 0.198. The van der Waals surface area contributed by atoms with E-state index >= 15 is 0 Å². The van der Waals surface area contributed by atoms with Gasteiger partial charge in [-0.2, -0.15) is 0 Å². The van der Waals surface area contributed by atoms with Crippen LogP contribution in [-0.2, 0) is 14.1 Å². The number of aryl methyl sites for hydroxylation is 2. The molecule has 6 aromatic carbocycles. The Bertz CT molecular complexity index is 2760. The van der Waals surface area contributed by atoms with Crippen LogP contribution in [0.5, 0.6) is 0 Å². The van der Waals surface area contributed by atoms with Gasteiger partial charge in [0.25, 0.3) is 0 Å². The van der Waals surface area contributed by atoms with Crippen LogP contribution in [0.15, 0.2) is 140 Å². The lowest BCUT2D eigenvalue weighted by atomic mass is 9.93. The Morgan fingerprint density at radius 2 is 1.02 bits per heavy atom. The standard InChI is InChI=1S/C43H29N5/c1-47-39-18-5-3-14-36(39)45-42(47)28-11-7-10-26(24-28)29-22-23-33-34-25-27(20-21-30(34)32-13-8-12-31(29)41(32)33)35-16-9-17-38(44-35)43-46-37-15-4-6-19-40(37)48(43)2/h3-25H,1-2H3. The first-order valence-electron chi connectivity index (χ1n) is 16.2. The van der Waals surface area contributed by atoms with Crippen molar-refractivity contribution in [1.82, 2.24) is 24.1 Å². The largest absolute Gasteiger partial charge is 0.327 e. The summed E-state index contributed by atoms with van der Waals surface area (Å²) in [5.74, 6) is 1.84. The van der Waals surface area contributed by atoms with Crippen molar-refractivity contribution in [3.05, 3.63) is 140 Å². The molecule has 1 aliphatic carbocycles. The predicted molar refractivity (Wildman–Crippen MR) is 196 cm³/mol. The van der Waals surface area contributed by atoms with Crippen LogP contribution < -0.4 is 0 Å². The summed E-state index contributed by atoms with van der Waals surface area (Å²) in [5.41, 5.74) is 15.7. The lowest BCUT2D eigenvalue weighted by Gasteiger charge is -2.11. The third-order valence-corrected chi connectivity index (χ3v) is 9.92. The Hall–Kier alpha value is -6.33. The third-order valence-electron chi connectivity index (χ3n) is 9.92. The molecular weight excluding hydrogens is 587 g/mol. The van der Waals surface area contributed by atoms with Gasteiger partial charge in [-0.3, -0.25) is 0 Å². The first-order chi connectivity index (χ1) is 23.6. The molecule has 3 aromatic heterocycles. The molecule has 9 aromatic rings. The number of para-hydroxylation sites is 4. The van der Waals surface area contributed by atoms with Gasteiger partial charge in [-0.25, -0.2) is 15.0 Å². The number of benzene rings is 6. The zero-order chi connectivity index (χ0) is 31.9. The Kier molecular flexibility index (Phi) is 5.64. The maximum atomic E-state index is 5.11. The number of imidazole rings is 2. The summed E-state index contributed by atoms with van der Waals surface area (Å²) >= 11 is 0. The van der Waals surface area contributed by atoms with E-state index in [9.17, 15) is 0 Å². The predicted octanol–water partition coefficient (Wildman–Crippen LogP) is 10.3. The summed E-state index contributed by atoms with van der Waals surface area (Å²) in [6, 6.07) is 49.5. The highest BCUT2D eigenvalue weighted by Gasteiger charge is 2.24. The second kappa shape index (κ2) is 10.1. The van der Waals surface area contributed by atoms with E-state index in [2.05, 4.69) is 132 Å². The van der Waals surface area contributed by atoms with Gasteiger partial charge in [-0.05, 0) is 92.7 Å². The molecule has 3 heterocycles. The normalized spacial score (nSPS) is 12.0. The zero-order valence-corrected chi connectivity index (χ0v) is 26.5. The summed E-state index contributed by atoms with van der Waals surface area (Å²) in [5, 5.41) is 2.56. The van der Waals surface area contributed by atoms with Crippen molar-refractivity contribution in [2.45, 2.75) is 0 Å². The van der Waals surface area contributed by atoms with Crippen molar-refractivity contribution in [3.8, 4) is 67.5 Å². The first kappa shape index (κ1) is 26.8. The summed E-state index contributed by atoms with van der Waals surface area (Å²) in [6.07, 6.45) is 0. The van der Waals surface area contributed by atoms with Crippen molar-refractivity contribution in [3.63, 3.8) is 0 Å². The van der Waals surface area contributed by atoms with E-state index in [1.807, 2.05) is 30.3 Å². The average Bonchev–Trinajstić information content (AvgIpc) is 3.78. The fourth-order valence-corrected chi connectivity index (χ4v) is 7.59. The van der Waals surface area contributed by atoms with Crippen LogP contribution in [0.4, 0.5) is 0 Å². The second-order valence-corrected chi connectivity index (χ2v) is 12.6. The van der Waals surface area contributed by atoms with E-state index in [0.717, 1.165) is 56.2 Å². The SMILES string of the molecule is Cn1c(-c2cccc(-c3ccc4c5c(cccc35)-c3ccc(-c5cccc(-c6nc7ccccc7n6C)n5)cc3-4)c2)nc2ccccc21. The topological polar surface area (TPSA) is 48.5 Å². The summed E-state index contributed by atoms with van der Waals surface area (Å²) in [7, 11) is 4.14. The molecular formula is C43H29N5. The molecule has 5 heteroatoms. The lowest BCUT2D eigenvalue weighted by molar-refractivity contribution is 0.951. The minimum atomic E-state index is 0.864. The van der Waals surface area contributed by atoms with Crippen molar-refractivity contribution in [2.75, 3.05) is 0 Å². The number of aromatic nitrogens is 5.